The van der Waals surface area contributed by atoms with Crippen molar-refractivity contribution in [2.75, 3.05) is 19.7 Å². The quantitative estimate of drug-likeness (QED) is 0.525. The second-order valence-electron chi connectivity index (χ2n) is 3.83. The van der Waals surface area contributed by atoms with Gasteiger partial charge in [-0.1, -0.05) is 13.3 Å². The van der Waals surface area contributed by atoms with Gasteiger partial charge in [-0.05, 0) is 13.3 Å². The van der Waals surface area contributed by atoms with Crippen LogP contribution in [0.3, 0.4) is 0 Å². The number of Topliss-reactive ketones (excluding diaryl/α,β-unsaturated/α-hetero) is 1. The van der Waals surface area contributed by atoms with Crippen LogP contribution in [-0.2, 0) is 14.3 Å². The molecule has 16 heavy (non-hydrogen) atoms. The highest BCUT2D eigenvalue weighted by atomic mass is 16.5. The maximum Gasteiger partial charge on any atom is 0.343 e. The molecule has 4 heteroatoms. The number of ketones is 1. The molecule has 1 rings (SSSR count). The summed E-state index contributed by atoms with van der Waals surface area (Å²) in [6.07, 6.45) is 4.24. The summed E-state index contributed by atoms with van der Waals surface area (Å²) in [4.78, 5) is 25.0. The van der Waals surface area contributed by atoms with Crippen molar-refractivity contribution in [3.63, 3.8) is 0 Å². The highest BCUT2D eigenvalue weighted by molar-refractivity contribution is 6.17. The lowest BCUT2D eigenvalue weighted by molar-refractivity contribution is -0.140. The van der Waals surface area contributed by atoms with Crippen molar-refractivity contribution in [1.82, 2.24) is 4.90 Å². The smallest absolute Gasteiger partial charge is 0.343 e. The van der Waals surface area contributed by atoms with Gasteiger partial charge in [0.2, 0.25) is 0 Å². The molecular weight excluding hydrogens is 206 g/mol. The number of carbonyl (C=O) groups excluding carboxylic acids is 2. The number of hydrogen-bond acceptors (Lipinski definition) is 4. The van der Waals surface area contributed by atoms with Crippen LogP contribution >= 0.6 is 0 Å². The first-order valence-corrected chi connectivity index (χ1v) is 5.85. The first kappa shape index (κ1) is 12.7. The maximum absolute atomic E-state index is 11.5. The minimum atomic E-state index is -0.492. The van der Waals surface area contributed by atoms with Crippen molar-refractivity contribution in [2.24, 2.45) is 0 Å². The number of hydrogen-bond donors (Lipinski definition) is 0. The fourth-order valence-electron chi connectivity index (χ4n) is 1.61. The first-order chi connectivity index (χ1) is 7.69. The van der Waals surface area contributed by atoms with E-state index in [1.54, 1.807) is 13.1 Å². The highest BCUT2D eigenvalue weighted by Gasteiger charge is 2.24. The zero-order valence-corrected chi connectivity index (χ0v) is 9.99. The van der Waals surface area contributed by atoms with E-state index in [9.17, 15) is 9.59 Å². The molecule has 0 amide bonds. The molecule has 0 aliphatic carbocycles. The third-order valence-electron chi connectivity index (χ3n) is 2.53. The van der Waals surface area contributed by atoms with Gasteiger partial charge in [0, 0.05) is 25.7 Å². The van der Waals surface area contributed by atoms with Crippen molar-refractivity contribution in [3.8, 4) is 0 Å². The van der Waals surface area contributed by atoms with Gasteiger partial charge in [0.25, 0.3) is 0 Å². The lowest BCUT2D eigenvalue weighted by Gasteiger charge is -2.25. The maximum atomic E-state index is 11.5. The van der Waals surface area contributed by atoms with Crippen LogP contribution in [-0.4, -0.2) is 36.3 Å². The van der Waals surface area contributed by atoms with Crippen LogP contribution in [0, 0.1) is 0 Å². The molecule has 90 valence electrons. The number of ether oxygens (including phenoxy) is 1. The Morgan fingerprint density at radius 1 is 1.50 bits per heavy atom. The van der Waals surface area contributed by atoms with Gasteiger partial charge in [0.05, 0.1) is 6.61 Å². The Bertz CT molecular complexity index is 297. The standard InChI is InChI=1S/C12H19NO3/c1-3-5-7-13-8-6-11(14)10(9-13)12(15)16-4-2/h9H,3-8H2,1-2H3. The van der Waals surface area contributed by atoms with E-state index in [4.69, 9.17) is 4.74 Å². The molecule has 0 radical (unpaired) electrons. The molecule has 0 spiro atoms. The van der Waals surface area contributed by atoms with Crippen LogP contribution in [0.5, 0.6) is 0 Å². The molecule has 1 aliphatic heterocycles. The molecule has 0 saturated carbocycles. The number of esters is 1. The number of rotatable bonds is 5. The third kappa shape index (κ3) is 3.36. The Kier molecular flexibility index (Phi) is 5.02. The van der Waals surface area contributed by atoms with Gasteiger partial charge < -0.3 is 9.64 Å². The zero-order chi connectivity index (χ0) is 12.0. The SMILES string of the molecule is CCCCN1C=C(C(=O)OCC)C(=O)CC1. The van der Waals surface area contributed by atoms with Gasteiger partial charge in [-0.3, -0.25) is 4.79 Å². The van der Waals surface area contributed by atoms with Gasteiger partial charge in [-0.15, -0.1) is 0 Å². The number of unbranched alkanes of at least 4 members (excludes halogenated alkanes) is 1. The van der Waals surface area contributed by atoms with Crippen molar-refractivity contribution >= 4 is 11.8 Å². The molecule has 0 bridgehead atoms. The Morgan fingerprint density at radius 2 is 2.25 bits per heavy atom. The van der Waals surface area contributed by atoms with E-state index in [2.05, 4.69) is 6.92 Å². The van der Waals surface area contributed by atoms with Crippen LogP contribution in [0.2, 0.25) is 0 Å². The molecule has 0 unspecified atom stereocenters. The molecule has 1 aliphatic rings. The summed E-state index contributed by atoms with van der Waals surface area (Å²) < 4.78 is 4.85. The summed E-state index contributed by atoms with van der Waals surface area (Å²) in [6, 6.07) is 0. The molecule has 0 N–H and O–H groups in total. The predicted octanol–water partition coefficient (Wildman–Crippen LogP) is 1.51. The minimum absolute atomic E-state index is 0.105. The van der Waals surface area contributed by atoms with E-state index in [-0.39, 0.29) is 11.4 Å². The number of nitrogens with zero attached hydrogens (tertiary/aromatic N) is 1. The summed E-state index contributed by atoms with van der Waals surface area (Å²) in [7, 11) is 0. The van der Waals surface area contributed by atoms with Crippen molar-refractivity contribution in [2.45, 2.75) is 33.1 Å². The van der Waals surface area contributed by atoms with E-state index < -0.39 is 5.97 Å². The van der Waals surface area contributed by atoms with Crippen LogP contribution < -0.4 is 0 Å². The second kappa shape index (κ2) is 6.30. The number of carbonyl (C=O) groups is 2. The average molecular weight is 225 g/mol. The molecule has 0 fully saturated rings. The molecule has 0 atom stereocenters. The van der Waals surface area contributed by atoms with Gasteiger partial charge in [0.1, 0.15) is 5.57 Å². The predicted molar refractivity (Wildman–Crippen MR) is 60.8 cm³/mol. The fourth-order valence-corrected chi connectivity index (χ4v) is 1.61. The van der Waals surface area contributed by atoms with Gasteiger partial charge in [0.15, 0.2) is 5.78 Å². The Morgan fingerprint density at radius 3 is 2.88 bits per heavy atom. The summed E-state index contributed by atoms with van der Waals surface area (Å²) >= 11 is 0. The molecule has 0 saturated heterocycles. The van der Waals surface area contributed by atoms with Gasteiger partial charge in [-0.25, -0.2) is 4.79 Å². The third-order valence-corrected chi connectivity index (χ3v) is 2.53. The average Bonchev–Trinajstić information content (AvgIpc) is 2.28. The van der Waals surface area contributed by atoms with E-state index in [0.717, 1.165) is 19.4 Å². The minimum Gasteiger partial charge on any atom is -0.462 e. The van der Waals surface area contributed by atoms with Crippen molar-refractivity contribution in [1.29, 1.82) is 0 Å². The molecule has 1 heterocycles. The highest BCUT2D eigenvalue weighted by Crippen LogP contribution is 2.13. The molecule has 0 aromatic carbocycles. The Labute approximate surface area is 96.3 Å². The Hall–Kier alpha value is -1.32. The van der Waals surface area contributed by atoms with Crippen molar-refractivity contribution < 1.29 is 14.3 Å². The monoisotopic (exact) mass is 225 g/mol. The molecule has 0 aromatic heterocycles. The normalized spacial score (nSPS) is 16.0. The van der Waals surface area contributed by atoms with Crippen LogP contribution in [0.4, 0.5) is 0 Å². The largest absolute Gasteiger partial charge is 0.462 e. The molecule has 4 nitrogen and oxygen atoms in total. The second-order valence-corrected chi connectivity index (χ2v) is 3.83. The lowest BCUT2D eigenvalue weighted by Crippen LogP contribution is -2.31. The van der Waals surface area contributed by atoms with Crippen LogP contribution in [0.15, 0.2) is 11.8 Å². The Balaban J connectivity index is 2.66. The van der Waals surface area contributed by atoms with Crippen LogP contribution in [0.1, 0.15) is 33.1 Å². The first-order valence-electron chi connectivity index (χ1n) is 5.85. The van der Waals surface area contributed by atoms with E-state index >= 15 is 0 Å². The lowest BCUT2D eigenvalue weighted by atomic mass is 10.1. The summed E-state index contributed by atoms with van der Waals surface area (Å²) in [6.45, 7) is 5.76. The zero-order valence-electron chi connectivity index (χ0n) is 9.99. The van der Waals surface area contributed by atoms with Gasteiger partial charge >= 0.3 is 5.97 Å². The summed E-state index contributed by atoms with van der Waals surface area (Å²) in [5, 5.41) is 0. The van der Waals surface area contributed by atoms with E-state index in [1.165, 1.54) is 0 Å². The van der Waals surface area contributed by atoms with Gasteiger partial charge in [-0.2, -0.15) is 0 Å². The topological polar surface area (TPSA) is 46.6 Å². The van der Waals surface area contributed by atoms with Crippen molar-refractivity contribution in [3.05, 3.63) is 11.8 Å². The summed E-state index contributed by atoms with van der Waals surface area (Å²) in [5.41, 5.74) is 0.198. The van der Waals surface area contributed by atoms with E-state index in [1.807, 2.05) is 4.90 Å². The molecule has 0 aromatic rings. The van der Waals surface area contributed by atoms with Crippen LogP contribution in [0.25, 0.3) is 0 Å². The molecular formula is C12H19NO3. The van der Waals surface area contributed by atoms with E-state index in [0.29, 0.717) is 19.6 Å². The summed E-state index contributed by atoms with van der Waals surface area (Å²) in [5.74, 6) is -0.597. The fraction of sp³-hybridized carbons (Fsp3) is 0.667.